The van der Waals surface area contributed by atoms with E-state index in [-0.39, 0.29) is 21.4 Å². The molecular weight excluding hydrogens is 524 g/mol. The van der Waals surface area contributed by atoms with Crippen LogP contribution in [0.1, 0.15) is 20.7 Å². The van der Waals surface area contributed by atoms with Crippen LogP contribution in [0.25, 0.3) is 10.8 Å². The van der Waals surface area contributed by atoms with Gasteiger partial charge >= 0.3 is 0 Å². The van der Waals surface area contributed by atoms with Gasteiger partial charge in [0, 0.05) is 16.5 Å². The first kappa shape index (κ1) is 24.5. The summed E-state index contributed by atoms with van der Waals surface area (Å²) in [6.45, 7) is 3.22. The lowest BCUT2D eigenvalue weighted by molar-refractivity contribution is 0.0878. The molecule has 0 aliphatic carbocycles. The normalized spacial score (nSPS) is 14.0. The summed E-state index contributed by atoms with van der Waals surface area (Å²) >= 11 is 0. The highest BCUT2D eigenvalue weighted by atomic mass is 32.2. The van der Waals surface area contributed by atoms with Gasteiger partial charge < -0.3 is 5.32 Å². The molecule has 3 aromatic carbocycles. The van der Waals surface area contributed by atoms with Gasteiger partial charge in [0.05, 0.1) is 26.6 Å². The predicted molar refractivity (Wildman–Crippen MR) is 122 cm³/mol. The molecule has 0 unspecified atom stereocenters. The van der Waals surface area contributed by atoms with Gasteiger partial charge in [0.1, 0.15) is 4.90 Å². The molecule has 35 heavy (non-hydrogen) atoms. The van der Waals surface area contributed by atoms with Crippen LogP contribution in [-0.2, 0) is 30.1 Å². The number of carbonyl (C=O) groups is 2. The molecule has 0 saturated heterocycles. The molecule has 0 bridgehead atoms. The van der Waals surface area contributed by atoms with Crippen molar-refractivity contribution in [1.29, 1.82) is 0 Å². The largest absolute Gasteiger partial charge is 0.354 e. The van der Waals surface area contributed by atoms with Crippen LogP contribution in [0.15, 0.2) is 69.1 Å². The topological polar surface area (TPSA) is 201 Å². The Bertz CT molecular complexity index is 1810. The minimum Gasteiger partial charge on any atom is -0.354 e. The Labute approximate surface area is 198 Å². The van der Waals surface area contributed by atoms with Crippen molar-refractivity contribution >= 4 is 64.0 Å². The smallest absolute Gasteiger partial charge is 0.297 e. The van der Waals surface area contributed by atoms with Crippen LogP contribution in [0.5, 0.6) is 0 Å². The summed E-state index contributed by atoms with van der Waals surface area (Å²) in [6, 6.07) is 7.81. The summed E-state index contributed by atoms with van der Waals surface area (Å²) < 4.78 is 92.0. The van der Waals surface area contributed by atoms with Crippen LogP contribution in [-0.4, -0.2) is 46.2 Å². The van der Waals surface area contributed by atoms with Gasteiger partial charge in [-0.1, -0.05) is 18.7 Å². The van der Waals surface area contributed by atoms with Crippen LogP contribution in [0.3, 0.4) is 0 Å². The number of hydrogen-bond donors (Lipinski definition) is 4. The Kier molecular flexibility index (Phi) is 5.57. The lowest BCUT2D eigenvalue weighted by Gasteiger charge is -2.17. The van der Waals surface area contributed by atoms with E-state index in [0.717, 1.165) is 24.3 Å². The number of rotatable bonds is 6. The zero-order valence-corrected chi connectivity index (χ0v) is 19.7. The lowest BCUT2D eigenvalue weighted by Crippen LogP contribution is -2.20. The van der Waals surface area contributed by atoms with Gasteiger partial charge in [-0.05, 0) is 35.7 Å². The van der Waals surface area contributed by atoms with Gasteiger partial charge in [-0.25, -0.2) is 8.42 Å². The van der Waals surface area contributed by atoms with E-state index in [0.29, 0.717) is 5.41 Å². The predicted octanol–water partition coefficient (Wildman–Crippen LogP) is 1.88. The molecule has 1 heterocycles. The second-order valence-corrected chi connectivity index (χ2v) is 11.9. The van der Waals surface area contributed by atoms with E-state index in [1.165, 1.54) is 18.2 Å². The standard InChI is InChI=1S/C20H14N2O10S3/c1-2-33(25,26)11-5-3-4-10(8-11)21-17-14-9-12(34(27,28)29)6-7-13(14)15-16(18(17)35(30,31)32)20(24)22-19(15)23/h2-9,21H,1H2,(H,22,23,24)(H,27,28,29)(H,30,31,32). The quantitative estimate of drug-likeness (QED) is 0.264. The molecular formula is C20H14N2O10S3. The monoisotopic (exact) mass is 538 g/mol. The highest BCUT2D eigenvalue weighted by Crippen LogP contribution is 2.41. The summed E-state index contributed by atoms with van der Waals surface area (Å²) in [5, 5.41) is 4.84. The van der Waals surface area contributed by atoms with E-state index in [4.69, 9.17) is 0 Å². The van der Waals surface area contributed by atoms with Gasteiger partial charge in [0.25, 0.3) is 32.1 Å². The molecule has 0 fully saturated rings. The molecule has 4 rings (SSSR count). The first-order valence-electron chi connectivity index (χ1n) is 9.34. The van der Waals surface area contributed by atoms with Gasteiger partial charge in [-0.2, -0.15) is 16.8 Å². The number of imide groups is 1. The Morgan fingerprint density at radius 2 is 1.46 bits per heavy atom. The van der Waals surface area contributed by atoms with E-state index in [9.17, 15) is 43.9 Å². The maximum absolute atomic E-state index is 12.5. The summed E-state index contributed by atoms with van der Waals surface area (Å²) in [5.74, 6) is -2.13. The van der Waals surface area contributed by atoms with Crippen molar-refractivity contribution in [1.82, 2.24) is 5.32 Å². The number of benzene rings is 3. The summed E-state index contributed by atoms with van der Waals surface area (Å²) in [5.41, 5.74) is -1.71. The molecule has 0 aromatic heterocycles. The van der Waals surface area contributed by atoms with Gasteiger partial charge in [-0.15, -0.1) is 0 Å². The number of anilines is 2. The third kappa shape index (κ3) is 4.19. The van der Waals surface area contributed by atoms with Crippen LogP contribution < -0.4 is 10.6 Å². The highest BCUT2D eigenvalue weighted by Gasteiger charge is 2.38. The molecule has 0 atom stereocenters. The summed E-state index contributed by atoms with van der Waals surface area (Å²) in [4.78, 5) is 23.0. The second kappa shape index (κ2) is 7.96. The highest BCUT2D eigenvalue weighted by molar-refractivity contribution is 7.94. The number of hydrogen-bond acceptors (Lipinski definition) is 9. The molecule has 1 aliphatic rings. The molecule has 182 valence electrons. The maximum Gasteiger partial charge on any atom is 0.297 e. The van der Waals surface area contributed by atoms with Crippen molar-refractivity contribution in [2.45, 2.75) is 14.7 Å². The summed E-state index contributed by atoms with van der Waals surface area (Å²) in [7, 11) is -13.9. The minimum absolute atomic E-state index is 0.0407. The van der Waals surface area contributed by atoms with E-state index in [1.54, 1.807) is 0 Å². The molecule has 1 aliphatic heterocycles. The fourth-order valence-electron chi connectivity index (χ4n) is 3.66. The van der Waals surface area contributed by atoms with E-state index >= 15 is 0 Å². The van der Waals surface area contributed by atoms with Crippen molar-refractivity contribution in [3.8, 4) is 0 Å². The Morgan fingerprint density at radius 1 is 0.800 bits per heavy atom. The van der Waals surface area contributed by atoms with E-state index < -0.39 is 68.5 Å². The van der Waals surface area contributed by atoms with E-state index in [1.807, 2.05) is 5.32 Å². The van der Waals surface area contributed by atoms with Gasteiger partial charge in [-0.3, -0.25) is 24.0 Å². The van der Waals surface area contributed by atoms with Crippen molar-refractivity contribution in [2.75, 3.05) is 5.32 Å². The number of sulfone groups is 1. The number of carbonyl (C=O) groups excluding carboxylic acids is 2. The lowest BCUT2D eigenvalue weighted by atomic mass is 9.98. The van der Waals surface area contributed by atoms with Crippen LogP contribution >= 0.6 is 0 Å². The van der Waals surface area contributed by atoms with Gasteiger partial charge in [0.15, 0.2) is 9.84 Å². The fraction of sp³-hybridized carbons (Fsp3) is 0. The second-order valence-electron chi connectivity index (χ2n) is 7.26. The average molecular weight is 539 g/mol. The molecule has 2 amide bonds. The molecule has 15 heteroatoms. The van der Waals surface area contributed by atoms with Crippen molar-refractivity contribution in [2.24, 2.45) is 0 Å². The zero-order valence-electron chi connectivity index (χ0n) is 17.2. The molecule has 0 spiro atoms. The Morgan fingerprint density at radius 3 is 2.06 bits per heavy atom. The Balaban J connectivity index is 2.15. The molecule has 0 radical (unpaired) electrons. The van der Waals surface area contributed by atoms with Gasteiger partial charge in [0.2, 0.25) is 0 Å². The number of amides is 2. The number of nitrogens with one attached hydrogen (secondary N) is 2. The van der Waals surface area contributed by atoms with E-state index in [2.05, 4.69) is 11.9 Å². The average Bonchev–Trinajstić information content (AvgIpc) is 3.05. The summed E-state index contributed by atoms with van der Waals surface area (Å²) in [6.07, 6.45) is 0. The first-order chi connectivity index (χ1) is 16.1. The third-order valence-corrected chi connectivity index (χ3v) is 8.25. The van der Waals surface area contributed by atoms with Crippen molar-refractivity contribution in [3.05, 3.63) is 65.6 Å². The zero-order chi connectivity index (χ0) is 25.9. The van der Waals surface area contributed by atoms with Crippen molar-refractivity contribution in [3.63, 3.8) is 0 Å². The van der Waals surface area contributed by atoms with Crippen LogP contribution in [0.4, 0.5) is 11.4 Å². The Hall–Kier alpha value is -3.63. The van der Waals surface area contributed by atoms with Crippen LogP contribution in [0, 0.1) is 0 Å². The maximum atomic E-state index is 12.5. The number of fused-ring (bicyclic) bond motifs is 3. The molecule has 12 nitrogen and oxygen atoms in total. The first-order valence-corrected chi connectivity index (χ1v) is 13.8. The minimum atomic E-state index is -5.24. The SMILES string of the molecule is C=CS(=O)(=O)c1cccc(Nc2c(S(=O)(=O)O)c3c(c4ccc(S(=O)(=O)O)cc24)C(=O)NC3=O)c1. The molecule has 4 N–H and O–H groups in total. The third-order valence-electron chi connectivity index (χ3n) is 5.12. The fourth-order valence-corrected chi connectivity index (χ4v) is 5.79. The molecule has 3 aromatic rings. The van der Waals surface area contributed by atoms with Crippen LogP contribution in [0.2, 0.25) is 0 Å². The van der Waals surface area contributed by atoms with Crippen molar-refractivity contribution < 1.29 is 43.9 Å². The molecule has 0 saturated carbocycles.